The Hall–Kier alpha value is -0.970. The Morgan fingerprint density at radius 3 is 1.79 bits per heavy atom. The fourth-order valence-electron chi connectivity index (χ4n) is 1.13. The first kappa shape index (κ1) is 16.1. The number of rotatable bonds is 3. The monoisotopic (exact) mass is 322 g/mol. The number of halogens is 3. The molecule has 1 aromatic rings. The van der Waals surface area contributed by atoms with E-state index in [2.05, 4.69) is 10.6 Å². The lowest BCUT2D eigenvalue weighted by Gasteiger charge is -2.12. The van der Waals surface area contributed by atoms with E-state index in [0.29, 0.717) is 11.4 Å². The van der Waals surface area contributed by atoms with Gasteiger partial charge in [-0.25, -0.2) is 0 Å². The van der Waals surface area contributed by atoms with Crippen LogP contribution in [0.3, 0.4) is 0 Å². The Morgan fingerprint density at radius 2 is 1.42 bits per heavy atom. The molecule has 0 heterocycles. The zero-order valence-electron chi connectivity index (χ0n) is 10.3. The maximum atomic E-state index is 11.5. The number of anilines is 2. The van der Waals surface area contributed by atoms with E-state index in [1.807, 2.05) is 0 Å². The van der Waals surface area contributed by atoms with Gasteiger partial charge in [0, 0.05) is 17.3 Å². The summed E-state index contributed by atoms with van der Waals surface area (Å²) in [6, 6.07) is 6.50. The van der Waals surface area contributed by atoms with E-state index < -0.39 is 9.70 Å². The Balaban J connectivity index is 2.67. The number of hydrogen-bond donors (Lipinski definition) is 2. The van der Waals surface area contributed by atoms with E-state index in [9.17, 15) is 9.59 Å². The van der Waals surface area contributed by atoms with Gasteiger partial charge >= 0.3 is 0 Å². The molecule has 7 heteroatoms. The summed E-state index contributed by atoms with van der Waals surface area (Å²) in [6.45, 7) is 3.59. The lowest BCUT2D eigenvalue weighted by atomic mass is 10.2. The Labute approximate surface area is 126 Å². The van der Waals surface area contributed by atoms with Gasteiger partial charge < -0.3 is 10.6 Å². The molecule has 0 atom stereocenters. The predicted octanol–water partition coefficient (Wildman–Crippen LogP) is 3.59. The van der Waals surface area contributed by atoms with Crippen LogP contribution in [0.2, 0.25) is 0 Å². The van der Waals surface area contributed by atoms with Crippen molar-refractivity contribution in [1.29, 1.82) is 0 Å². The molecule has 0 saturated heterocycles. The Morgan fingerprint density at radius 1 is 1.00 bits per heavy atom. The van der Waals surface area contributed by atoms with Crippen LogP contribution < -0.4 is 10.6 Å². The molecule has 19 heavy (non-hydrogen) atoms. The molecular formula is C12H13Cl3N2O2. The van der Waals surface area contributed by atoms with Crippen molar-refractivity contribution in [2.45, 2.75) is 17.6 Å². The van der Waals surface area contributed by atoms with Gasteiger partial charge in [-0.3, -0.25) is 9.59 Å². The van der Waals surface area contributed by atoms with Crippen molar-refractivity contribution in [2.75, 3.05) is 10.6 Å². The molecule has 0 aromatic heterocycles. The second-order valence-corrected chi connectivity index (χ2v) is 6.45. The Kier molecular flexibility index (Phi) is 5.47. The van der Waals surface area contributed by atoms with Gasteiger partial charge in [0.2, 0.25) is 5.91 Å². The minimum atomic E-state index is -2.01. The number of benzene rings is 1. The molecule has 104 valence electrons. The fourth-order valence-corrected chi connectivity index (χ4v) is 1.27. The SMILES string of the molecule is CC(C)C(=O)Nc1ccc(NC(=O)C(Cl)(Cl)Cl)cc1. The summed E-state index contributed by atoms with van der Waals surface area (Å²) in [4.78, 5) is 22.9. The van der Waals surface area contributed by atoms with Gasteiger partial charge in [0.1, 0.15) is 0 Å². The molecule has 2 N–H and O–H groups in total. The second kappa shape index (κ2) is 6.46. The van der Waals surface area contributed by atoms with Crippen LogP contribution >= 0.6 is 34.8 Å². The van der Waals surface area contributed by atoms with E-state index >= 15 is 0 Å². The number of nitrogens with one attached hydrogen (secondary N) is 2. The zero-order valence-corrected chi connectivity index (χ0v) is 12.6. The highest BCUT2D eigenvalue weighted by molar-refractivity contribution is 6.76. The van der Waals surface area contributed by atoms with Crippen molar-refractivity contribution >= 4 is 58.0 Å². The molecule has 0 radical (unpaired) electrons. The Bertz CT molecular complexity index is 467. The highest BCUT2D eigenvalue weighted by Gasteiger charge is 2.30. The average Bonchev–Trinajstić information content (AvgIpc) is 2.30. The minimum Gasteiger partial charge on any atom is -0.326 e. The largest absolute Gasteiger partial charge is 0.326 e. The maximum absolute atomic E-state index is 11.5. The van der Waals surface area contributed by atoms with Crippen LogP contribution in [0.4, 0.5) is 11.4 Å². The summed E-state index contributed by atoms with van der Waals surface area (Å²) in [6.07, 6.45) is 0. The van der Waals surface area contributed by atoms with E-state index in [4.69, 9.17) is 34.8 Å². The number of amides is 2. The first-order chi connectivity index (χ1) is 8.70. The number of carbonyl (C=O) groups is 2. The van der Waals surface area contributed by atoms with Crippen molar-refractivity contribution in [3.05, 3.63) is 24.3 Å². The molecule has 2 amide bonds. The van der Waals surface area contributed by atoms with Crippen LogP contribution in [0.25, 0.3) is 0 Å². The van der Waals surface area contributed by atoms with Crippen molar-refractivity contribution in [2.24, 2.45) is 5.92 Å². The summed E-state index contributed by atoms with van der Waals surface area (Å²) in [5, 5.41) is 5.16. The molecule has 0 fully saturated rings. The molecule has 0 aliphatic heterocycles. The van der Waals surface area contributed by atoms with Crippen LogP contribution in [0.15, 0.2) is 24.3 Å². The first-order valence-electron chi connectivity index (χ1n) is 5.49. The van der Waals surface area contributed by atoms with Gasteiger partial charge in [0.05, 0.1) is 0 Å². The van der Waals surface area contributed by atoms with Gasteiger partial charge in [-0.15, -0.1) is 0 Å². The smallest absolute Gasteiger partial charge is 0.276 e. The molecule has 0 bridgehead atoms. The summed E-state index contributed by atoms with van der Waals surface area (Å²) >= 11 is 16.3. The van der Waals surface area contributed by atoms with Crippen molar-refractivity contribution in [3.63, 3.8) is 0 Å². The lowest BCUT2D eigenvalue weighted by molar-refractivity contribution is -0.119. The molecule has 0 aliphatic rings. The van der Waals surface area contributed by atoms with Gasteiger partial charge in [-0.05, 0) is 24.3 Å². The molecule has 0 aliphatic carbocycles. The van der Waals surface area contributed by atoms with Crippen LogP contribution in [-0.2, 0) is 9.59 Å². The molecule has 1 aromatic carbocycles. The van der Waals surface area contributed by atoms with E-state index in [1.165, 1.54) is 0 Å². The molecule has 0 saturated carbocycles. The van der Waals surface area contributed by atoms with Crippen molar-refractivity contribution in [3.8, 4) is 0 Å². The summed E-state index contributed by atoms with van der Waals surface area (Å²) in [5.74, 6) is -0.932. The minimum absolute atomic E-state index is 0.0851. The summed E-state index contributed by atoms with van der Waals surface area (Å²) in [7, 11) is 0. The molecule has 0 unspecified atom stereocenters. The van der Waals surface area contributed by atoms with Crippen LogP contribution in [-0.4, -0.2) is 15.6 Å². The standard InChI is InChI=1S/C12H13Cl3N2O2/c1-7(2)10(18)16-8-3-5-9(6-4-8)17-11(19)12(13,14)15/h3-7H,1-2H3,(H,16,18)(H,17,19). The highest BCUT2D eigenvalue weighted by Crippen LogP contribution is 2.27. The van der Waals surface area contributed by atoms with E-state index in [0.717, 1.165) is 0 Å². The lowest BCUT2D eigenvalue weighted by Crippen LogP contribution is -2.26. The number of alkyl halides is 3. The predicted molar refractivity (Wildman–Crippen MR) is 78.8 cm³/mol. The summed E-state index contributed by atoms with van der Waals surface area (Å²) in [5.41, 5.74) is 1.10. The van der Waals surface area contributed by atoms with Gasteiger partial charge in [-0.2, -0.15) is 0 Å². The zero-order chi connectivity index (χ0) is 14.6. The van der Waals surface area contributed by atoms with Crippen LogP contribution in [0, 0.1) is 5.92 Å². The van der Waals surface area contributed by atoms with Crippen LogP contribution in [0.5, 0.6) is 0 Å². The molecular weight excluding hydrogens is 311 g/mol. The highest BCUT2D eigenvalue weighted by atomic mass is 35.6. The maximum Gasteiger partial charge on any atom is 0.276 e. The van der Waals surface area contributed by atoms with Crippen LogP contribution in [0.1, 0.15) is 13.8 Å². The molecule has 0 spiro atoms. The van der Waals surface area contributed by atoms with Gasteiger partial charge in [0.15, 0.2) is 0 Å². The van der Waals surface area contributed by atoms with Gasteiger partial charge in [-0.1, -0.05) is 48.7 Å². The quantitative estimate of drug-likeness (QED) is 0.835. The average molecular weight is 324 g/mol. The fraction of sp³-hybridized carbons (Fsp3) is 0.333. The molecule has 1 rings (SSSR count). The normalized spacial score (nSPS) is 11.3. The van der Waals surface area contributed by atoms with E-state index in [-0.39, 0.29) is 11.8 Å². The number of hydrogen-bond acceptors (Lipinski definition) is 2. The third kappa shape index (κ3) is 5.27. The van der Waals surface area contributed by atoms with Gasteiger partial charge in [0.25, 0.3) is 9.70 Å². The third-order valence-electron chi connectivity index (χ3n) is 2.19. The second-order valence-electron chi connectivity index (χ2n) is 4.17. The van der Waals surface area contributed by atoms with Crippen molar-refractivity contribution in [1.82, 2.24) is 0 Å². The molecule has 4 nitrogen and oxygen atoms in total. The van der Waals surface area contributed by atoms with E-state index in [1.54, 1.807) is 38.1 Å². The van der Waals surface area contributed by atoms with Crippen molar-refractivity contribution < 1.29 is 9.59 Å². The topological polar surface area (TPSA) is 58.2 Å². The summed E-state index contributed by atoms with van der Waals surface area (Å²) < 4.78 is -2.01. The third-order valence-corrected chi connectivity index (χ3v) is 2.71. The number of carbonyl (C=O) groups excluding carboxylic acids is 2. The first-order valence-corrected chi connectivity index (χ1v) is 6.62.